The minimum absolute atomic E-state index is 0.0317. The van der Waals surface area contributed by atoms with Gasteiger partial charge in [0.05, 0.1) is 27.6 Å². The molecule has 1 aliphatic heterocycles. The number of nitrogens with zero attached hydrogens (tertiary/aromatic N) is 2. The lowest BCUT2D eigenvalue weighted by Crippen LogP contribution is -2.41. The molecular weight excluding hydrogens is 510 g/mol. The molecule has 0 spiro atoms. The number of aromatic nitrogens is 1. The van der Waals surface area contributed by atoms with Crippen LogP contribution in [0.2, 0.25) is 0 Å². The molecule has 0 saturated carbocycles. The number of sulfonamides is 1. The fourth-order valence-corrected chi connectivity index (χ4v) is 7.00. The van der Waals surface area contributed by atoms with E-state index in [1.807, 2.05) is 48.5 Å². The summed E-state index contributed by atoms with van der Waals surface area (Å²) in [6.45, 7) is 1.66. The fourth-order valence-electron chi connectivity index (χ4n) is 4.52. The van der Waals surface area contributed by atoms with Crippen molar-refractivity contribution in [3.05, 3.63) is 88.9 Å². The molecule has 0 aliphatic carbocycles. The Morgan fingerprint density at radius 2 is 1.78 bits per heavy atom. The molecule has 8 nitrogen and oxygen atoms in total. The van der Waals surface area contributed by atoms with E-state index in [9.17, 15) is 18.0 Å². The van der Waals surface area contributed by atoms with Gasteiger partial charge in [0.25, 0.3) is 0 Å². The van der Waals surface area contributed by atoms with Crippen LogP contribution in [-0.4, -0.2) is 36.1 Å². The molecule has 190 valence electrons. The Kier molecular flexibility index (Phi) is 7.05. The maximum Gasteiger partial charge on any atom is 0.308 e. The number of carbonyl (C=O) groups excluding carboxylic acids is 2. The number of anilines is 1. The van der Waals surface area contributed by atoms with Gasteiger partial charge < -0.3 is 10.1 Å². The summed E-state index contributed by atoms with van der Waals surface area (Å²) in [5.74, 6) is -0.741. The minimum Gasteiger partial charge on any atom is -0.458 e. The molecule has 37 heavy (non-hydrogen) atoms. The zero-order chi connectivity index (χ0) is 26.0. The molecule has 1 aliphatic rings. The van der Waals surface area contributed by atoms with Gasteiger partial charge in [-0.1, -0.05) is 36.4 Å². The molecule has 3 aromatic carbocycles. The van der Waals surface area contributed by atoms with Gasteiger partial charge in [-0.15, -0.1) is 11.3 Å². The maximum absolute atomic E-state index is 13.7. The molecule has 10 heteroatoms. The predicted molar refractivity (Wildman–Crippen MR) is 142 cm³/mol. The number of fused-ring (bicyclic) bond motifs is 2. The number of hydrogen-bond acceptors (Lipinski definition) is 7. The van der Waals surface area contributed by atoms with E-state index < -0.39 is 22.0 Å². The highest BCUT2D eigenvalue weighted by Crippen LogP contribution is 2.37. The Labute approximate surface area is 219 Å². The van der Waals surface area contributed by atoms with Gasteiger partial charge in [0.2, 0.25) is 15.9 Å². The monoisotopic (exact) mass is 535 g/mol. The lowest BCUT2D eigenvalue weighted by atomic mass is 9.92. The number of rotatable bonds is 7. The Morgan fingerprint density at radius 3 is 2.54 bits per heavy atom. The summed E-state index contributed by atoms with van der Waals surface area (Å²) in [5.41, 5.74) is 3.16. The van der Waals surface area contributed by atoms with Crippen LogP contribution in [-0.2, 0) is 37.4 Å². The van der Waals surface area contributed by atoms with Gasteiger partial charge in [-0.05, 0) is 53.9 Å². The first-order valence-electron chi connectivity index (χ1n) is 11.8. The predicted octanol–water partition coefficient (Wildman–Crippen LogP) is 4.68. The molecule has 1 aromatic heterocycles. The van der Waals surface area contributed by atoms with Crippen molar-refractivity contribution in [1.82, 2.24) is 9.29 Å². The zero-order valence-electron chi connectivity index (χ0n) is 20.1. The first-order chi connectivity index (χ1) is 17.8. The van der Waals surface area contributed by atoms with Gasteiger partial charge in [0.1, 0.15) is 11.6 Å². The Bertz CT molecular complexity index is 1530. The molecule has 0 bridgehead atoms. The van der Waals surface area contributed by atoms with Crippen molar-refractivity contribution in [3.63, 3.8) is 0 Å². The summed E-state index contributed by atoms with van der Waals surface area (Å²) in [6.07, 6.45) is 0.418. The number of benzene rings is 3. The highest BCUT2D eigenvalue weighted by Gasteiger charge is 2.37. The zero-order valence-corrected chi connectivity index (χ0v) is 21.7. The molecule has 0 fully saturated rings. The molecule has 1 atom stereocenters. The lowest BCUT2D eigenvalue weighted by Gasteiger charge is -2.36. The van der Waals surface area contributed by atoms with Crippen molar-refractivity contribution in [2.45, 2.75) is 37.3 Å². The van der Waals surface area contributed by atoms with Gasteiger partial charge in [0.15, 0.2) is 0 Å². The minimum atomic E-state index is -3.93. The van der Waals surface area contributed by atoms with Crippen LogP contribution in [0.4, 0.5) is 5.69 Å². The van der Waals surface area contributed by atoms with Crippen LogP contribution in [0, 0.1) is 0 Å². The van der Waals surface area contributed by atoms with E-state index in [2.05, 4.69) is 10.3 Å². The first kappa shape index (κ1) is 25.1. The highest BCUT2D eigenvalue weighted by atomic mass is 32.2. The molecule has 1 N–H and O–H groups in total. The van der Waals surface area contributed by atoms with E-state index in [4.69, 9.17) is 4.74 Å². The highest BCUT2D eigenvalue weighted by molar-refractivity contribution is 7.89. The molecule has 0 saturated heterocycles. The third-order valence-corrected chi connectivity index (χ3v) is 9.13. The summed E-state index contributed by atoms with van der Waals surface area (Å²) in [7, 11) is -3.93. The van der Waals surface area contributed by atoms with Gasteiger partial charge in [0, 0.05) is 19.2 Å². The Morgan fingerprint density at radius 1 is 1.05 bits per heavy atom. The van der Waals surface area contributed by atoms with Crippen LogP contribution in [0.1, 0.15) is 35.5 Å². The van der Waals surface area contributed by atoms with Crippen molar-refractivity contribution < 1.29 is 22.7 Å². The van der Waals surface area contributed by atoms with E-state index in [1.165, 1.54) is 34.7 Å². The lowest BCUT2D eigenvalue weighted by molar-refractivity contribution is -0.146. The third-order valence-electron chi connectivity index (χ3n) is 6.20. The average molecular weight is 536 g/mol. The van der Waals surface area contributed by atoms with Crippen LogP contribution >= 0.6 is 11.3 Å². The van der Waals surface area contributed by atoms with Crippen LogP contribution in [0.25, 0.3) is 10.2 Å². The molecule has 1 amide bonds. The van der Waals surface area contributed by atoms with E-state index >= 15 is 0 Å². The Hall–Kier alpha value is -3.60. The van der Waals surface area contributed by atoms with Crippen LogP contribution < -0.4 is 5.32 Å². The largest absolute Gasteiger partial charge is 0.458 e. The number of amides is 1. The normalized spacial score (nSPS) is 15.8. The number of nitrogens with one attached hydrogen (secondary N) is 1. The van der Waals surface area contributed by atoms with Gasteiger partial charge in [-0.25, -0.2) is 13.4 Å². The van der Waals surface area contributed by atoms with Gasteiger partial charge >= 0.3 is 5.97 Å². The maximum atomic E-state index is 13.7. The quantitative estimate of drug-likeness (QED) is 0.345. The second-order valence-corrected chi connectivity index (χ2v) is 11.7. The molecule has 2 heterocycles. The van der Waals surface area contributed by atoms with Crippen molar-refractivity contribution in [2.75, 3.05) is 11.9 Å². The second-order valence-electron chi connectivity index (χ2n) is 8.73. The number of para-hydroxylation sites is 1. The molecular formula is C27H25N3O5S2. The van der Waals surface area contributed by atoms with E-state index in [1.54, 1.807) is 12.1 Å². The third kappa shape index (κ3) is 5.41. The SMILES string of the molecule is CC(=O)Nc1ccc(S(=O)(=O)N2CCc3ccccc3C2CC(=O)OCc2nc3ccccc3s2)cc1. The Balaban J connectivity index is 1.37. The standard InChI is InChI=1S/C27H25N3O5S2/c1-18(31)28-20-10-12-21(13-11-20)37(33,34)30-15-14-19-6-2-3-7-22(19)24(30)16-27(32)35-17-26-29-23-8-4-5-9-25(23)36-26/h2-13,24H,14-17H2,1H3,(H,28,31). The summed E-state index contributed by atoms with van der Waals surface area (Å²) in [4.78, 5) is 28.9. The number of carbonyl (C=O) groups is 2. The topological polar surface area (TPSA) is 106 Å². The summed E-state index contributed by atoms with van der Waals surface area (Å²) in [5, 5.41) is 3.32. The van der Waals surface area contributed by atoms with Crippen molar-refractivity contribution in [3.8, 4) is 0 Å². The molecule has 0 radical (unpaired) electrons. The molecule has 1 unspecified atom stereocenters. The first-order valence-corrected chi connectivity index (χ1v) is 14.0. The van der Waals surface area contributed by atoms with Crippen molar-refractivity contribution >= 4 is 49.1 Å². The van der Waals surface area contributed by atoms with Crippen molar-refractivity contribution in [2.24, 2.45) is 0 Å². The second kappa shape index (κ2) is 10.4. The number of esters is 1. The van der Waals surface area contributed by atoms with Crippen LogP contribution in [0.15, 0.2) is 77.7 Å². The summed E-state index contributed by atoms with van der Waals surface area (Å²) < 4.78 is 35.3. The smallest absolute Gasteiger partial charge is 0.308 e. The fraction of sp³-hybridized carbons (Fsp3) is 0.222. The molecule has 4 aromatic rings. The number of thiazole rings is 1. The van der Waals surface area contributed by atoms with E-state index in [-0.39, 0.29) is 30.4 Å². The number of hydrogen-bond donors (Lipinski definition) is 1. The molecule has 5 rings (SSSR count). The van der Waals surface area contributed by atoms with E-state index in [0.29, 0.717) is 17.1 Å². The summed E-state index contributed by atoms with van der Waals surface area (Å²) in [6, 6.07) is 20.6. The average Bonchev–Trinajstić information content (AvgIpc) is 3.31. The summed E-state index contributed by atoms with van der Waals surface area (Å²) >= 11 is 1.46. The number of ether oxygens (including phenoxy) is 1. The van der Waals surface area contributed by atoms with Gasteiger partial charge in [-0.3, -0.25) is 9.59 Å². The van der Waals surface area contributed by atoms with E-state index in [0.717, 1.165) is 21.3 Å². The van der Waals surface area contributed by atoms with Crippen molar-refractivity contribution in [1.29, 1.82) is 0 Å². The van der Waals surface area contributed by atoms with Crippen LogP contribution in [0.5, 0.6) is 0 Å². The van der Waals surface area contributed by atoms with Gasteiger partial charge in [-0.2, -0.15) is 4.31 Å². The van der Waals surface area contributed by atoms with Crippen LogP contribution in [0.3, 0.4) is 0 Å².